The zero-order valence-corrected chi connectivity index (χ0v) is 14.9. The van der Waals surface area contributed by atoms with Gasteiger partial charge in [-0.1, -0.05) is 29.4 Å². The number of carbonyl (C=O) groups is 1. The highest BCUT2D eigenvalue weighted by molar-refractivity contribution is 7.11. The molecule has 2 rings (SSSR count). The van der Waals surface area contributed by atoms with Gasteiger partial charge in [-0.05, 0) is 12.5 Å². The molecule has 0 aliphatic rings. The standard InChI is InChI=1S/C16H14F4N2O4S/c1-8-13(21-14(27-8)12(17)16(18,19)20)26-7-9-5-3-4-6-10(9)11(15(23)24)22-25-2/h3-6,12H,7H2,1-2H3,(H,23,24)/b22-11+. The molecule has 2 aromatic rings. The number of aromatic nitrogens is 1. The maximum Gasteiger partial charge on any atom is 0.426 e. The van der Waals surface area contributed by atoms with Crippen LogP contribution >= 0.6 is 11.3 Å². The highest BCUT2D eigenvalue weighted by Crippen LogP contribution is 2.40. The topological polar surface area (TPSA) is 81.0 Å². The Morgan fingerprint density at radius 2 is 2.04 bits per heavy atom. The number of benzene rings is 1. The maximum absolute atomic E-state index is 13.4. The van der Waals surface area contributed by atoms with Crippen molar-refractivity contribution in [2.24, 2.45) is 5.16 Å². The number of aryl methyl sites for hydroxylation is 1. The van der Waals surface area contributed by atoms with Gasteiger partial charge < -0.3 is 14.7 Å². The van der Waals surface area contributed by atoms with E-state index in [0.717, 1.165) is 0 Å². The van der Waals surface area contributed by atoms with Crippen LogP contribution in [-0.2, 0) is 16.2 Å². The molecule has 0 aliphatic heterocycles. The van der Waals surface area contributed by atoms with Gasteiger partial charge in [-0.3, -0.25) is 0 Å². The molecule has 1 heterocycles. The Kier molecular flexibility index (Phi) is 6.37. The molecule has 0 saturated carbocycles. The smallest absolute Gasteiger partial charge is 0.426 e. The lowest BCUT2D eigenvalue weighted by molar-refractivity contribution is -0.182. The summed E-state index contributed by atoms with van der Waals surface area (Å²) in [5, 5.41) is 11.9. The van der Waals surface area contributed by atoms with Crippen molar-refractivity contribution in [2.45, 2.75) is 25.9 Å². The predicted octanol–water partition coefficient (Wildman–Crippen LogP) is 4.04. The molecule has 0 bridgehead atoms. The molecule has 146 valence electrons. The van der Waals surface area contributed by atoms with Crippen LogP contribution in [0.1, 0.15) is 27.2 Å². The molecule has 0 fully saturated rings. The van der Waals surface area contributed by atoms with Crippen LogP contribution in [0, 0.1) is 6.92 Å². The summed E-state index contributed by atoms with van der Waals surface area (Å²) in [7, 11) is 1.19. The first-order valence-corrected chi connectivity index (χ1v) is 8.20. The molecular weight excluding hydrogens is 392 g/mol. The Balaban J connectivity index is 2.25. The van der Waals surface area contributed by atoms with Crippen LogP contribution < -0.4 is 4.74 Å². The second-order valence-electron chi connectivity index (χ2n) is 5.19. The molecule has 0 radical (unpaired) electrons. The minimum absolute atomic E-state index is 0.155. The summed E-state index contributed by atoms with van der Waals surface area (Å²) in [6, 6.07) is 6.23. The largest absolute Gasteiger partial charge is 0.476 e. The van der Waals surface area contributed by atoms with Crippen LogP contribution in [0.4, 0.5) is 17.6 Å². The van der Waals surface area contributed by atoms with Crippen molar-refractivity contribution in [2.75, 3.05) is 7.11 Å². The number of rotatable bonds is 7. The molecular formula is C16H14F4N2O4S. The zero-order valence-electron chi connectivity index (χ0n) is 14.1. The molecule has 1 N–H and O–H groups in total. The number of halogens is 4. The molecule has 1 aromatic heterocycles. The number of thiazole rings is 1. The van der Waals surface area contributed by atoms with Gasteiger partial charge in [0.05, 0.1) is 4.88 Å². The Morgan fingerprint density at radius 1 is 1.37 bits per heavy atom. The summed E-state index contributed by atoms with van der Waals surface area (Å²) in [6.45, 7) is 1.24. The number of hydrogen-bond acceptors (Lipinski definition) is 6. The summed E-state index contributed by atoms with van der Waals surface area (Å²) in [4.78, 5) is 19.7. The van der Waals surface area contributed by atoms with Crippen molar-refractivity contribution in [3.63, 3.8) is 0 Å². The molecule has 6 nitrogen and oxygen atoms in total. The second kappa shape index (κ2) is 8.33. The molecule has 0 spiro atoms. The fourth-order valence-corrected chi connectivity index (χ4v) is 2.97. The minimum Gasteiger partial charge on any atom is -0.476 e. The van der Waals surface area contributed by atoms with Crippen molar-refractivity contribution in [1.82, 2.24) is 4.98 Å². The number of ether oxygens (including phenoxy) is 1. The highest BCUT2D eigenvalue weighted by Gasteiger charge is 2.43. The lowest BCUT2D eigenvalue weighted by Gasteiger charge is -2.10. The van der Waals surface area contributed by atoms with E-state index in [4.69, 9.17) is 4.74 Å². The fraction of sp³-hybridized carbons (Fsp3) is 0.312. The molecule has 27 heavy (non-hydrogen) atoms. The zero-order chi connectivity index (χ0) is 20.2. The van der Waals surface area contributed by atoms with E-state index >= 15 is 0 Å². The fourth-order valence-electron chi connectivity index (χ4n) is 2.10. The van der Waals surface area contributed by atoms with Gasteiger partial charge in [0.15, 0.2) is 5.71 Å². The number of nitrogens with zero attached hydrogens (tertiary/aromatic N) is 2. The third kappa shape index (κ3) is 4.94. The van der Waals surface area contributed by atoms with E-state index in [1.54, 1.807) is 18.2 Å². The Morgan fingerprint density at radius 3 is 2.63 bits per heavy atom. The second-order valence-corrected chi connectivity index (χ2v) is 6.43. The van der Waals surface area contributed by atoms with Crippen LogP contribution in [0.3, 0.4) is 0 Å². The SMILES string of the molecule is CO/N=C(/C(=O)O)c1ccccc1COc1nc(C(F)C(F)(F)F)sc1C. The quantitative estimate of drug-likeness (QED) is 0.426. The van der Waals surface area contributed by atoms with Gasteiger partial charge in [-0.2, -0.15) is 13.2 Å². The Bertz CT molecular complexity index is 851. The van der Waals surface area contributed by atoms with E-state index in [1.165, 1.54) is 20.1 Å². The summed E-state index contributed by atoms with van der Waals surface area (Å²) in [5.41, 5.74) is 0.226. The number of alkyl halides is 4. The first-order valence-electron chi connectivity index (χ1n) is 7.38. The molecule has 0 saturated heterocycles. The van der Waals surface area contributed by atoms with Gasteiger partial charge in [-0.15, -0.1) is 11.3 Å². The van der Waals surface area contributed by atoms with Gasteiger partial charge in [-0.25, -0.2) is 14.2 Å². The molecule has 11 heteroatoms. The van der Waals surface area contributed by atoms with Crippen molar-refractivity contribution in [3.05, 3.63) is 45.3 Å². The van der Waals surface area contributed by atoms with E-state index in [-0.39, 0.29) is 28.6 Å². The summed E-state index contributed by atoms with van der Waals surface area (Å²) in [6.07, 6.45) is -8.25. The molecule has 1 aromatic carbocycles. The lowest BCUT2D eigenvalue weighted by atomic mass is 10.0. The molecule has 1 unspecified atom stereocenters. The number of aliphatic carboxylic acids is 1. The summed E-state index contributed by atoms with van der Waals surface area (Å²) < 4.78 is 56.3. The number of carboxylic acid groups (broad SMARTS) is 1. The Labute approximate surface area is 155 Å². The first-order chi connectivity index (χ1) is 12.6. The molecule has 0 amide bonds. The summed E-state index contributed by atoms with van der Waals surface area (Å²) >= 11 is 0.539. The van der Waals surface area contributed by atoms with Crippen molar-refractivity contribution >= 4 is 23.0 Å². The Hall–Kier alpha value is -2.69. The van der Waals surface area contributed by atoms with Crippen LogP contribution in [0.5, 0.6) is 5.88 Å². The van der Waals surface area contributed by atoms with Gasteiger partial charge in [0, 0.05) is 5.56 Å². The van der Waals surface area contributed by atoms with Crippen LogP contribution in [0.25, 0.3) is 0 Å². The number of carboxylic acids is 1. The van der Waals surface area contributed by atoms with Crippen molar-refractivity contribution < 1.29 is 37.0 Å². The van der Waals surface area contributed by atoms with E-state index in [9.17, 15) is 27.5 Å². The average Bonchev–Trinajstić information content (AvgIpc) is 2.97. The van der Waals surface area contributed by atoms with E-state index in [1.807, 2.05) is 0 Å². The van der Waals surface area contributed by atoms with Gasteiger partial charge in [0.1, 0.15) is 18.7 Å². The molecule has 0 aliphatic carbocycles. The monoisotopic (exact) mass is 406 g/mol. The van der Waals surface area contributed by atoms with Crippen molar-refractivity contribution in [3.8, 4) is 5.88 Å². The number of hydrogen-bond donors (Lipinski definition) is 1. The van der Waals surface area contributed by atoms with Gasteiger partial charge in [0.25, 0.3) is 0 Å². The predicted molar refractivity (Wildman–Crippen MR) is 88.7 cm³/mol. The average molecular weight is 406 g/mol. The highest BCUT2D eigenvalue weighted by atomic mass is 32.1. The maximum atomic E-state index is 13.4. The number of oxime groups is 1. The van der Waals surface area contributed by atoms with Crippen LogP contribution in [0.2, 0.25) is 0 Å². The lowest BCUT2D eigenvalue weighted by Crippen LogP contribution is -2.18. The van der Waals surface area contributed by atoms with Gasteiger partial charge in [0.2, 0.25) is 12.1 Å². The van der Waals surface area contributed by atoms with E-state index in [2.05, 4.69) is 15.0 Å². The van der Waals surface area contributed by atoms with Crippen LogP contribution in [0.15, 0.2) is 29.4 Å². The third-order valence-corrected chi connectivity index (χ3v) is 4.28. The van der Waals surface area contributed by atoms with E-state index in [0.29, 0.717) is 16.9 Å². The van der Waals surface area contributed by atoms with E-state index < -0.39 is 23.3 Å². The summed E-state index contributed by atoms with van der Waals surface area (Å²) in [5.74, 6) is -1.49. The minimum atomic E-state index is -5.05. The first kappa shape index (κ1) is 20.6. The normalized spacial score (nSPS) is 13.3. The third-order valence-electron chi connectivity index (χ3n) is 3.30. The molecule has 1 atom stereocenters. The van der Waals surface area contributed by atoms with Gasteiger partial charge >= 0.3 is 12.1 Å². The van der Waals surface area contributed by atoms with Crippen LogP contribution in [-0.4, -0.2) is 35.1 Å². The van der Waals surface area contributed by atoms with Crippen molar-refractivity contribution in [1.29, 1.82) is 0 Å².